The summed E-state index contributed by atoms with van der Waals surface area (Å²) in [5, 5.41) is 17.1. The number of nitrogens with two attached hydrogens (primary N) is 2. The molecule has 0 amide bonds. The minimum absolute atomic E-state index is 0.00667. The molecule has 0 saturated carbocycles. The third kappa shape index (κ3) is 7.11. The molecule has 0 saturated heterocycles. The molecular formula is C13H24N2O3. The van der Waals surface area contributed by atoms with E-state index in [1.165, 1.54) is 0 Å². The Hall–Kier alpha value is -1.30. The van der Waals surface area contributed by atoms with Gasteiger partial charge in [0.25, 0.3) is 0 Å². The van der Waals surface area contributed by atoms with Gasteiger partial charge >= 0.3 is 0 Å². The molecule has 1 aromatic carbocycles. The Kier molecular flexibility index (Phi) is 8.11. The van der Waals surface area contributed by atoms with Crippen molar-refractivity contribution in [3.05, 3.63) is 23.8 Å². The van der Waals surface area contributed by atoms with Gasteiger partial charge in [0.05, 0.1) is 36.8 Å². The fourth-order valence-electron chi connectivity index (χ4n) is 1.06. The van der Waals surface area contributed by atoms with E-state index < -0.39 is 6.10 Å². The normalized spacial score (nSPS) is 13.4. The van der Waals surface area contributed by atoms with Crippen LogP contribution >= 0.6 is 0 Å². The number of anilines is 2. The van der Waals surface area contributed by atoms with Crippen molar-refractivity contribution in [2.45, 2.75) is 33.0 Å². The average Bonchev–Trinajstić information content (AvgIpc) is 2.33. The van der Waals surface area contributed by atoms with Gasteiger partial charge in [0.1, 0.15) is 0 Å². The highest BCUT2D eigenvalue weighted by atomic mass is 16.5. The van der Waals surface area contributed by atoms with Crippen LogP contribution in [0.4, 0.5) is 11.4 Å². The first-order valence-electron chi connectivity index (χ1n) is 5.89. The maximum atomic E-state index is 8.69. The standard InChI is InChI=1S/C7H10N2.C6H14O3/c1-5-3-2-4-6(8)7(5)9;1-5(8)4-9-6(2)3-7/h2-4H,8-9H2,1H3;5-8H,3-4H2,1-2H3. The molecule has 0 aliphatic heterocycles. The average molecular weight is 256 g/mol. The van der Waals surface area contributed by atoms with Crippen LogP contribution in [0.2, 0.25) is 0 Å². The van der Waals surface area contributed by atoms with E-state index in [2.05, 4.69) is 0 Å². The van der Waals surface area contributed by atoms with Crippen LogP contribution < -0.4 is 11.5 Å². The monoisotopic (exact) mass is 256 g/mol. The molecule has 0 fully saturated rings. The summed E-state index contributed by atoms with van der Waals surface area (Å²) in [7, 11) is 0. The van der Waals surface area contributed by atoms with E-state index in [9.17, 15) is 0 Å². The van der Waals surface area contributed by atoms with Gasteiger partial charge in [-0.25, -0.2) is 0 Å². The summed E-state index contributed by atoms with van der Waals surface area (Å²) in [4.78, 5) is 0. The van der Waals surface area contributed by atoms with Crippen LogP contribution in [-0.2, 0) is 4.74 Å². The number of nitrogen functional groups attached to an aromatic ring is 2. The highest BCUT2D eigenvalue weighted by molar-refractivity contribution is 5.66. The summed E-state index contributed by atoms with van der Waals surface area (Å²) in [6.45, 7) is 5.63. The van der Waals surface area contributed by atoms with Crippen molar-refractivity contribution in [2.24, 2.45) is 0 Å². The minimum Gasteiger partial charge on any atom is -0.397 e. The molecular weight excluding hydrogens is 232 g/mol. The van der Waals surface area contributed by atoms with E-state index in [0.717, 1.165) is 5.56 Å². The Bertz CT molecular complexity index is 323. The molecule has 0 aliphatic carbocycles. The lowest BCUT2D eigenvalue weighted by atomic mass is 10.2. The second-order valence-corrected chi connectivity index (χ2v) is 4.25. The van der Waals surface area contributed by atoms with Gasteiger partial charge in [0.15, 0.2) is 0 Å². The van der Waals surface area contributed by atoms with Gasteiger partial charge < -0.3 is 26.4 Å². The van der Waals surface area contributed by atoms with Crippen molar-refractivity contribution in [1.82, 2.24) is 0 Å². The zero-order valence-electron chi connectivity index (χ0n) is 11.3. The summed E-state index contributed by atoms with van der Waals surface area (Å²) in [5.74, 6) is 0. The fraction of sp³-hybridized carbons (Fsp3) is 0.538. The van der Waals surface area contributed by atoms with E-state index in [-0.39, 0.29) is 12.7 Å². The Morgan fingerprint density at radius 1 is 1.28 bits per heavy atom. The molecule has 0 spiro atoms. The van der Waals surface area contributed by atoms with E-state index in [1.54, 1.807) is 19.9 Å². The molecule has 0 aromatic heterocycles. The van der Waals surface area contributed by atoms with Gasteiger partial charge in [-0.1, -0.05) is 12.1 Å². The molecule has 0 radical (unpaired) electrons. The lowest BCUT2D eigenvalue weighted by molar-refractivity contribution is -0.0177. The maximum Gasteiger partial charge on any atom is 0.0779 e. The van der Waals surface area contributed by atoms with Crippen molar-refractivity contribution in [3.8, 4) is 0 Å². The Labute approximate surface area is 108 Å². The smallest absolute Gasteiger partial charge is 0.0779 e. The number of ether oxygens (including phenoxy) is 1. The minimum atomic E-state index is -0.445. The summed E-state index contributed by atoms with van der Waals surface area (Å²) in [6.07, 6.45) is -0.612. The molecule has 0 aliphatic rings. The second-order valence-electron chi connectivity index (χ2n) is 4.25. The maximum absolute atomic E-state index is 8.69. The molecule has 5 heteroatoms. The first-order chi connectivity index (χ1) is 8.38. The van der Waals surface area contributed by atoms with Crippen LogP contribution in [0.5, 0.6) is 0 Å². The Balaban J connectivity index is 0.000000321. The number of rotatable bonds is 4. The second kappa shape index (κ2) is 8.74. The SMILES string of the molecule is CC(O)COC(C)CO.Cc1cccc(N)c1N. The van der Waals surface area contributed by atoms with Gasteiger partial charge in [-0.05, 0) is 32.4 Å². The van der Waals surface area contributed by atoms with Crippen molar-refractivity contribution in [2.75, 3.05) is 24.7 Å². The quantitative estimate of drug-likeness (QED) is 0.600. The van der Waals surface area contributed by atoms with E-state index in [0.29, 0.717) is 18.0 Å². The van der Waals surface area contributed by atoms with Gasteiger partial charge in [-0.3, -0.25) is 0 Å². The third-order valence-electron chi connectivity index (χ3n) is 2.24. The van der Waals surface area contributed by atoms with Crippen LogP contribution in [-0.4, -0.2) is 35.6 Å². The van der Waals surface area contributed by atoms with Gasteiger partial charge in [0, 0.05) is 0 Å². The molecule has 1 aromatic rings. The summed E-state index contributed by atoms with van der Waals surface area (Å²) in [5.41, 5.74) is 13.4. The lowest BCUT2D eigenvalue weighted by Crippen LogP contribution is -2.19. The predicted molar refractivity (Wildman–Crippen MR) is 74.2 cm³/mol. The summed E-state index contributed by atoms with van der Waals surface area (Å²) in [6, 6.07) is 5.62. The van der Waals surface area contributed by atoms with Gasteiger partial charge in [-0.15, -0.1) is 0 Å². The highest BCUT2D eigenvalue weighted by Crippen LogP contribution is 2.17. The number of para-hydroxylation sites is 1. The number of benzene rings is 1. The number of aliphatic hydroxyl groups excluding tert-OH is 2. The van der Waals surface area contributed by atoms with E-state index in [1.807, 2.05) is 19.1 Å². The molecule has 104 valence electrons. The number of hydrogen-bond acceptors (Lipinski definition) is 5. The molecule has 0 bridgehead atoms. The van der Waals surface area contributed by atoms with E-state index in [4.69, 9.17) is 26.4 Å². The van der Waals surface area contributed by atoms with Crippen molar-refractivity contribution >= 4 is 11.4 Å². The third-order valence-corrected chi connectivity index (χ3v) is 2.24. The Morgan fingerprint density at radius 3 is 2.28 bits per heavy atom. The molecule has 1 rings (SSSR count). The van der Waals surface area contributed by atoms with Crippen LogP contribution in [0, 0.1) is 6.92 Å². The first-order valence-corrected chi connectivity index (χ1v) is 5.89. The number of hydrogen-bond donors (Lipinski definition) is 4. The van der Waals surface area contributed by atoms with Crippen LogP contribution in [0.25, 0.3) is 0 Å². The molecule has 6 N–H and O–H groups in total. The first kappa shape index (κ1) is 16.7. The van der Waals surface area contributed by atoms with Crippen molar-refractivity contribution in [3.63, 3.8) is 0 Å². The zero-order chi connectivity index (χ0) is 14.1. The summed E-state index contributed by atoms with van der Waals surface area (Å²) < 4.78 is 4.95. The molecule has 2 atom stereocenters. The predicted octanol–water partition coefficient (Wildman–Crippen LogP) is 0.924. The fourth-order valence-corrected chi connectivity index (χ4v) is 1.06. The topological polar surface area (TPSA) is 102 Å². The van der Waals surface area contributed by atoms with Crippen LogP contribution in [0.15, 0.2) is 18.2 Å². The number of aryl methyl sites for hydroxylation is 1. The van der Waals surface area contributed by atoms with E-state index >= 15 is 0 Å². The van der Waals surface area contributed by atoms with Crippen molar-refractivity contribution < 1.29 is 14.9 Å². The highest BCUT2D eigenvalue weighted by Gasteiger charge is 2.00. The largest absolute Gasteiger partial charge is 0.397 e. The number of aliphatic hydroxyl groups is 2. The molecule has 2 unspecified atom stereocenters. The van der Waals surface area contributed by atoms with Crippen LogP contribution in [0.3, 0.4) is 0 Å². The van der Waals surface area contributed by atoms with Crippen LogP contribution in [0.1, 0.15) is 19.4 Å². The van der Waals surface area contributed by atoms with Crippen molar-refractivity contribution in [1.29, 1.82) is 0 Å². The lowest BCUT2D eigenvalue weighted by Gasteiger charge is -2.10. The molecule has 5 nitrogen and oxygen atoms in total. The molecule has 0 heterocycles. The molecule has 18 heavy (non-hydrogen) atoms. The zero-order valence-corrected chi connectivity index (χ0v) is 11.3. The van der Waals surface area contributed by atoms with Gasteiger partial charge in [0.2, 0.25) is 0 Å². The van der Waals surface area contributed by atoms with Gasteiger partial charge in [-0.2, -0.15) is 0 Å². The summed E-state index contributed by atoms with van der Waals surface area (Å²) >= 11 is 0. The Morgan fingerprint density at radius 2 is 1.89 bits per heavy atom.